The molecule has 0 saturated carbocycles. The fraction of sp³-hybridized carbons (Fsp3) is 0.312. The minimum Gasteiger partial charge on any atom is -0.320 e. The van der Waals surface area contributed by atoms with Crippen LogP contribution in [0.3, 0.4) is 0 Å². The molecule has 1 atom stereocenters. The Kier molecular flexibility index (Phi) is 4.63. The van der Waals surface area contributed by atoms with E-state index < -0.39 is 6.04 Å². The molecule has 0 saturated heterocycles. The van der Waals surface area contributed by atoms with Gasteiger partial charge in [-0.1, -0.05) is 30.7 Å². The van der Waals surface area contributed by atoms with E-state index in [1.165, 1.54) is 0 Å². The predicted octanol–water partition coefficient (Wildman–Crippen LogP) is 3.27. The second kappa shape index (κ2) is 6.25. The molecule has 1 heterocycles. The van der Waals surface area contributed by atoms with Gasteiger partial charge < -0.3 is 10.3 Å². The molecule has 20 heavy (non-hydrogen) atoms. The predicted molar refractivity (Wildman–Crippen MR) is 83.2 cm³/mol. The summed E-state index contributed by atoms with van der Waals surface area (Å²) in [7, 11) is 0. The summed E-state index contributed by atoms with van der Waals surface area (Å²) in [6, 6.07) is 10.6. The van der Waals surface area contributed by atoms with Crippen molar-refractivity contribution in [3.63, 3.8) is 0 Å². The number of hydrogen-bond acceptors (Lipinski definition) is 2. The number of aromatic nitrogens is 1. The molecular weight excluding hydrogens is 272 g/mol. The molecule has 1 aromatic carbocycles. The zero-order valence-electron chi connectivity index (χ0n) is 11.8. The van der Waals surface area contributed by atoms with E-state index in [1.807, 2.05) is 31.2 Å². The van der Waals surface area contributed by atoms with E-state index in [0.717, 1.165) is 17.7 Å². The number of benzene rings is 1. The lowest BCUT2D eigenvalue weighted by Gasteiger charge is -2.16. The van der Waals surface area contributed by atoms with E-state index >= 15 is 0 Å². The number of halogens is 1. The maximum absolute atomic E-state index is 12.5. The van der Waals surface area contributed by atoms with Crippen LogP contribution in [0.25, 0.3) is 0 Å². The second-order valence-electron chi connectivity index (χ2n) is 4.92. The number of rotatable bonds is 4. The van der Waals surface area contributed by atoms with Crippen LogP contribution in [0.5, 0.6) is 0 Å². The maximum atomic E-state index is 12.5. The lowest BCUT2D eigenvalue weighted by atomic mass is 10.0. The van der Waals surface area contributed by atoms with Crippen LogP contribution in [0.1, 0.15) is 36.2 Å². The van der Waals surface area contributed by atoms with Crippen LogP contribution in [0.2, 0.25) is 5.02 Å². The van der Waals surface area contributed by atoms with Gasteiger partial charge in [0.25, 0.3) is 5.56 Å². The highest BCUT2D eigenvalue weighted by molar-refractivity contribution is 6.30. The summed E-state index contributed by atoms with van der Waals surface area (Å²) in [6.45, 7) is 4.71. The molecule has 2 N–H and O–H groups in total. The van der Waals surface area contributed by atoms with Crippen molar-refractivity contribution in [2.24, 2.45) is 5.73 Å². The van der Waals surface area contributed by atoms with Crippen molar-refractivity contribution in [2.45, 2.75) is 32.9 Å². The van der Waals surface area contributed by atoms with Gasteiger partial charge in [-0.25, -0.2) is 0 Å². The van der Waals surface area contributed by atoms with E-state index in [9.17, 15) is 4.79 Å². The van der Waals surface area contributed by atoms with E-state index in [-0.39, 0.29) is 5.56 Å². The Balaban J connectivity index is 2.44. The number of aryl methyl sites for hydroxylation is 1. The van der Waals surface area contributed by atoms with Crippen LogP contribution in [0, 0.1) is 6.92 Å². The Hall–Kier alpha value is -1.58. The van der Waals surface area contributed by atoms with Crippen molar-refractivity contribution in [3.05, 3.63) is 68.6 Å². The molecule has 2 rings (SSSR count). The molecule has 4 heteroatoms. The Morgan fingerprint density at radius 3 is 2.45 bits per heavy atom. The van der Waals surface area contributed by atoms with Gasteiger partial charge in [0, 0.05) is 22.8 Å². The molecule has 0 bridgehead atoms. The van der Waals surface area contributed by atoms with Gasteiger partial charge in [0.2, 0.25) is 0 Å². The van der Waals surface area contributed by atoms with Gasteiger partial charge in [0.1, 0.15) is 0 Å². The minimum absolute atomic E-state index is 0.00528. The van der Waals surface area contributed by atoms with Gasteiger partial charge in [-0.15, -0.1) is 0 Å². The van der Waals surface area contributed by atoms with E-state index in [0.29, 0.717) is 17.1 Å². The molecule has 1 unspecified atom stereocenters. The summed E-state index contributed by atoms with van der Waals surface area (Å²) in [5, 5.41) is 0.660. The Bertz CT molecular complexity index is 647. The van der Waals surface area contributed by atoms with E-state index in [4.69, 9.17) is 17.3 Å². The number of hydrogen-bond donors (Lipinski definition) is 1. The summed E-state index contributed by atoms with van der Waals surface area (Å²) in [5.74, 6) is 0. The third-order valence-corrected chi connectivity index (χ3v) is 3.69. The smallest absolute Gasteiger partial charge is 0.255 e. The van der Waals surface area contributed by atoms with Crippen molar-refractivity contribution in [1.82, 2.24) is 4.57 Å². The molecule has 0 aliphatic rings. The van der Waals surface area contributed by atoms with Gasteiger partial charge >= 0.3 is 0 Å². The zero-order chi connectivity index (χ0) is 14.7. The van der Waals surface area contributed by atoms with Crippen LogP contribution < -0.4 is 11.3 Å². The molecule has 0 aliphatic carbocycles. The van der Waals surface area contributed by atoms with Crippen molar-refractivity contribution >= 4 is 11.6 Å². The largest absolute Gasteiger partial charge is 0.320 e. The van der Waals surface area contributed by atoms with Crippen LogP contribution in [-0.4, -0.2) is 4.57 Å². The average Bonchev–Trinajstić information content (AvgIpc) is 2.44. The van der Waals surface area contributed by atoms with Crippen molar-refractivity contribution in [3.8, 4) is 0 Å². The Labute approximate surface area is 124 Å². The van der Waals surface area contributed by atoms with Crippen LogP contribution in [-0.2, 0) is 6.54 Å². The summed E-state index contributed by atoms with van der Waals surface area (Å²) in [6.07, 6.45) is 0.917. The monoisotopic (exact) mass is 290 g/mol. The molecule has 1 aromatic heterocycles. The highest BCUT2D eigenvalue weighted by atomic mass is 35.5. The van der Waals surface area contributed by atoms with Crippen molar-refractivity contribution in [2.75, 3.05) is 0 Å². The summed E-state index contributed by atoms with van der Waals surface area (Å²) in [5.41, 5.74) is 8.69. The molecule has 0 aliphatic heterocycles. The second-order valence-corrected chi connectivity index (χ2v) is 5.35. The Morgan fingerprint density at radius 1 is 1.20 bits per heavy atom. The molecule has 106 valence electrons. The van der Waals surface area contributed by atoms with Gasteiger partial charge in [0.15, 0.2) is 0 Å². The number of nitrogens with zero attached hydrogens (tertiary/aromatic N) is 1. The van der Waals surface area contributed by atoms with Crippen molar-refractivity contribution in [1.29, 1.82) is 0 Å². The Morgan fingerprint density at radius 2 is 1.85 bits per heavy atom. The highest BCUT2D eigenvalue weighted by Crippen LogP contribution is 2.19. The van der Waals surface area contributed by atoms with E-state index in [2.05, 4.69) is 6.92 Å². The SMILES string of the molecule is CCCn1c(C)ccc(C(N)c2ccc(Cl)cc2)c1=O. The van der Waals surface area contributed by atoms with E-state index in [1.54, 1.807) is 16.7 Å². The average molecular weight is 291 g/mol. The maximum Gasteiger partial charge on any atom is 0.255 e. The fourth-order valence-electron chi connectivity index (χ4n) is 2.28. The van der Waals surface area contributed by atoms with Crippen LogP contribution >= 0.6 is 11.6 Å². The van der Waals surface area contributed by atoms with Gasteiger partial charge in [-0.2, -0.15) is 0 Å². The van der Waals surface area contributed by atoms with Crippen LogP contribution in [0.15, 0.2) is 41.2 Å². The van der Waals surface area contributed by atoms with Gasteiger partial charge in [-0.3, -0.25) is 4.79 Å². The summed E-state index contributed by atoms with van der Waals surface area (Å²) >= 11 is 5.87. The minimum atomic E-state index is -0.427. The zero-order valence-corrected chi connectivity index (χ0v) is 12.5. The standard InChI is InChI=1S/C16H19ClN2O/c1-3-10-19-11(2)4-9-14(16(19)20)15(18)12-5-7-13(17)8-6-12/h4-9,15H,3,10,18H2,1-2H3. The lowest BCUT2D eigenvalue weighted by molar-refractivity contribution is 0.623. The first-order chi connectivity index (χ1) is 9.54. The number of pyridine rings is 1. The lowest BCUT2D eigenvalue weighted by Crippen LogP contribution is -2.29. The quantitative estimate of drug-likeness (QED) is 0.939. The molecule has 0 radical (unpaired) electrons. The molecule has 2 aromatic rings. The van der Waals surface area contributed by atoms with Gasteiger partial charge in [-0.05, 0) is 43.2 Å². The van der Waals surface area contributed by atoms with Crippen LogP contribution in [0.4, 0.5) is 0 Å². The van der Waals surface area contributed by atoms with Crippen molar-refractivity contribution < 1.29 is 0 Å². The molecule has 0 spiro atoms. The summed E-state index contributed by atoms with van der Waals surface area (Å²) < 4.78 is 1.78. The topological polar surface area (TPSA) is 48.0 Å². The first-order valence-electron chi connectivity index (χ1n) is 6.76. The van der Waals surface area contributed by atoms with Gasteiger partial charge in [0.05, 0.1) is 6.04 Å². The third kappa shape index (κ3) is 2.94. The molecule has 0 fully saturated rings. The molecular formula is C16H19ClN2O. The molecule has 0 amide bonds. The number of nitrogens with two attached hydrogens (primary N) is 1. The fourth-order valence-corrected chi connectivity index (χ4v) is 2.40. The summed E-state index contributed by atoms with van der Waals surface area (Å²) in [4.78, 5) is 12.5. The first kappa shape index (κ1) is 14.8. The normalized spacial score (nSPS) is 12.4. The highest BCUT2D eigenvalue weighted by Gasteiger charge is 2.15. The third-order valence-electron chi connectivity index (χ3n) is 3.43. The first-order valence-corrected chi connectivity index (χ1v) is 7.13. The molecule has 3 nitrogen and oxygen atoms in total.